The van der Waals surface area contributed by atoms with Gasteiger partial charge in [0.25, 0.3) is 5.78 Å². The van der Waals surface area contributed by atoms with E-state index in [0.29, 0.717) is 43.6 Å². The fourth-order valence-electron chi connectivity index (χ4n) is 5.66. The predicted molar refractivity (Wildman–Crippen MR) is 125 cm³/mol. The summed E-state index contributed by atoms with van der Waals surface area (Å²) in [5.74, 6) is -0.908. The lowest BCUT2D eigenvalue weighted by Crippen LogP contribution is -2.27. The van der Waals surface area contributed by atoms with Gasteiger partial charge in [0, 0.05) is 18.7 Å². The van der Waals surface area contributed by atoms with E-state index in [1.54, 1.807) is 11.3 Å². The zero-order valence-electron chi connectivity index (χ0n) is 19.7. The fraction of sp³-hybridized carbons (Fsp3) is 0.423. The monoisotopic (exact) mass is 501 g/mol. The summed E-state index contributed by atoms with van der Waals surface area (Å²) in [4.78, 5) is 6.47. The van der Waals surface area contributed by atoms with Crippen molar-refractivity contribution in [3.8, 4) is 0 Å². The molecule has 0 bridgehead atoms. The third-order valence-corrected chi connectivity index (χ3v) is 7.61. The second-order valence-corrected chi connectivity index (χ2v) is 10.0. The molecular weight excluding hydrogens is 477 g/mol. The second-order valence-electron chi connectivity index (χ2n) is 10.0. The molecule has 36 heavy (non-hydrogen) atoms. The fourth-order valence-corrected chi connectivity index (χ4v) is 5.66. The molecule has 10 heteroatoms. The SMILES string of the molecule is Cc1nnc2nc(N3CCCc4c(CCC5(CC(F)(F)F)CC5)cccc43)c3c(F)c(F)ccc3n12. The summed E-state index contributed by atoms with van der Waals surface area (Å²) in [6, 6.07) is 8.32. The lowest BCUT2D eigenvalue weighted by molar-refractivity contribution is -0.148. The van der Waals surface area contributed by atoms with Crippen LogP contribution in [-0.4, -0.2) is 32.3 Å². The molecule has 1 fully saturated rings. The first kappa shape index (κ1) is 23.1. The Hall–Kier alpha value is -3.30. The Balaban J connectivity index is 1.43. The van der Waals surface area contributed by atoms with Crippen molar-refractivity contribution < 1.29 is 22.0 Å². The third-order valence-electron chi connectivity index (χ3n) is 7.61. The number of aromatic nitrogens is 4. The first-order chi connectivity index (χ1) is 17.2. The van der Waals surface area contributed by atoms with Crippen molar-refractivity contribution in [2.24, 2.45) is 5.41 Å². The molecule has 2 aliphatic rings. The summed E-state index contributed by atoms with van der Waals surface area (Å²) in [5.41, 5.74) is 2.61. The zero-order chi connectivity index (χ0) is 25.2. The Bertz CT molecular complexity index is 1490. The van der Waals surface area contributed by atoms with Crippen molar-refractivity contribution in [2.45, 2.75) is 58.0 Å². The van der Waals surface area contributed by atoms with Gasteiger partial charge in [0.05, 0.1) is 10.9 Å². The minimum Gasteiger partial charge on any atom is -0.325 e. The van der Waals surface area contributed by atoms with E-state index in [4.69, 9.17) is 0 Å². The number of benzene rings is 2. The molecule has 1 aliphatic carbocycles. The zero-order valence-corrected chi connectivity index (χ0v) is 19.7. The first-order valence-electron chi connectivity index (χ1n) is 12.1. The van der Waals surface area contributed by atoms with E-state index < -0.39 is 29.6 Å². The number of nitrogens with zero attached hydrogens (tertiary/aromatic N) is 5. The number of hydrogen-bond acceptors (Lipinski definition) is 4. The van der Waals surface area contributed by atoms with Crippen molar-refractivity contribution in [2.75, 3.05) is 11.4 Å². The molecule has 188 valence electrons. The largest absolute Gasteiger partial charge is 0.389 e. The maximum Gasteiger partial charge on any atom is 0.389 e. The van der Waals surface area contributed by atoms with E-state index in [2.05, 4.69) is 15.2 Å². The van der Waals surface area contributed by atoms with E-state index in [9.17, 15) is 17.6 Å². The molecule has 0 amide bonds. The van der Waals surface area contributed by atoms with Gasteiger partial charge in [-0.25, -0.2) is 8.78 Å². The molecule has 2 aromatic heterocycles. The number of rotatable bonds is 5. The Labute approximate surface area is 204 Å². The maximum atomic E-state index is 15.2. The molecule has 0 spiro atoms. The molecule has 0 N–H and O–H groups in total. The van der Waals surface area contributed by atoms with Crippen molar-refractivity contribution in [3.63, 3.8) is 0 Å². The van der Waals surface area contributed by atoms with Crippen LogP contribution in [0.4, 0.5) is 33.5 Å². The molecular formula is C26H24F5N5. The van der Waals surface area contributed by atoms with E-state index in [1.165, 1.54) is 6.07 Å². The van der Waals surface area contributed by atoms with Crippen LogP contribution in [0.5, 0.6) is 0 Å². The molecule has 0 radical (unpaired) electrons. The topological polar surface area (TPSA) is 46.3 Å². The molecule has 5 nitrogen and oxygen atoms in total. The number of hydrogen-bond donors (Lipinski definition) is 0. The molecule has 0 saturated heterocycles. The van der Waals surface area contributed by atoms with Crippen LogP contribution in [0.15, 0.2) is 30.3 Å². The summed E-state index contributed by atoms with van der Waals surface area (Å²) < 4.78 is 70.4. The molecule has 1 aliphatic heterocycles. The molecule has 2 aromatic carbocycles. The highest BCUT2D eigenvalue weighted by atomic mass is 19.4. The van der Waals surface area contributed by atoms with Gasteiger partial charge in [0.15, 0.2) is 11.6 Å². The van der Waals surface area contributed by atoms with Gasteiger partial charge < -0.3 is 4.90 Å². The minimum atomic E-state index is -4.16. The van der Waals surface area contributed by atoms with E-state index in [1.807, 2.05) is 23.1 Å². The normalized spacial score (nSPS) is 17.1. The van der Waals surface area contributed by atoms with E-state index in [0.717, 1.165) is 35.7 Å². The van der Waals surface area contributed by atoms with Crippen LogP contribution in [0.2, 0.25) is 0 Å². The van der Waals surface area contributed by atoms with Gasteiger partial charge in [-0.05, 0) is 80.2 Å². The highest BCUT2D eigenvalue weighted by molar-refractivity contribution is 5.94. The van der Waals surface area contributed by atoms with Gasteiger partial charge in [-0.3, -0.25) is 4.40 Å². The molecule has 1 saturated carbocycles. The van der Waals surface area contributed by atoms with Crippen molar-refractivity contribution in [3.05, 3.63) is 58.9 Å². The van der Waals surface area contributed by atoms with Gasteiger partial charge in [-0.15, -0.1) is 10.2 Å². The van der Waals surface area contributed by atoms with Crippen LogP contribution in [0.1, 0.15) is 49.1 Å². The summed E-state index contributed by atoms with van der Waals surface area (Å²) in [5, 5.41) is 8.21. The standard InChI is InChI=1S/C26H24F5N5/c1-15-33-34-24-32-23(21-20(36(15)24)8-7-18(27)22(21)28)35-13-3-5-17-16(4-2-6-19(17)35)9-10-25(11-12-25)14-26(29,30)31/h2,4,6-8H,3,5,9-14H2,1H3. The smallest absolute Gasteiger partial charge is 0.325 e. The van der Waals surface area contributed by atoms with Crippen LogP contribution >= 0.6 is 0 Å². The predicted octanol–water partition coefficient (Wildman–Crippen LogP) is 6.61. The van der Waals surface area contributed by atoms with Gasteiger partial charge in [-0.1, -0.05) is 12.1 Å². The Morgan fingerprint density at radius 2 is 1.86 bits per heavy atom. The van der Waals surface area contributed by atoms with Crippen molar-refractivity contribution in [1.29, 1.82) is 0 Å². The van der Waals surface area contributed by atoms with E-state index >= 15 is 4.39 Å². The van der Waals surface area contributed by atoms with Gasteiger partial charge in [0.2, 0.25) is 0 Å². The maximum absolute atomic E-state index is 15.2. The van der Waals surface area contributed by atoms with Gasteiger partial charge in [0.1, 0.15) is 11.6 Å². The first-order valence-corrected chi connectivity index (χ1v) is 12.1. The van der Waals surface area contributed by atoms with Gasteiger partial charge >= 0.3 is 6.18 Å². The average Bonchev–Trinajstić information content (AvgIpc) is 3.49. The summed E-state index contributed by atoms with van der Waals surface area (Å²) in [6.45, 7) is 2.26. The van der Waals surface area contributed by atoms with Crippen molar-refractivity contribution in [1.82, 2.24) is 19.6 Å². The summed E-state index contributed by atoms with van der Waals surface area (Å²) in [7, 11) is 0. The number of aryl methyl sites for hydroxylation is 2. The number of halogens is 5. The minimum absolute atomic E-state index is 0.0470. The highest BCUT2D eigenvalue weighted by Gasteiger charge is 2.50. The quantitative estimate of drug-likeness (QED) is 0.289. The number of alkyl halides is 3. The summed E-state index contributed by atoms with van der Waals surface area (Å²) in [6.07, 6.45) is -1.15. The highest BCUT2D eigenvalue weighted by Crippen LogP contribution is 2.56. The molecule has 0 atom stereocenters. The second kappa shape index (κ2) is 8.11. The Kier molecular flexibility index (Phi) is 5.21. The molecule has 0 unspecified atom stereocenters. The third kappa shape index (κ3) is 3.87. The van der Waals surface area contributed by atoms with Crippen LogP contribution in [0.3, 0.4) is 0 Å². The van der Waals surface area contributed by atoms with Gasteiger partial charge in [-0.2, -0.15) is 18.2 Å². The van der Waals surface area contributed by atoms with Crippen LogP contribution in [0.25, 0.3) is 16.7 Å². The lowest BCUT2D eigenvalue weighted by atomic mass is 9.88. The number of anilines is 2. The van der Waals surface area contributed by atoms with E-state index in [-0.39, 0.29) is 17.0 Å². The van der Waals surface area contributed by atoms with Crippen molar-refractivity contribution >= 4 is 28.2 Å². The summed E-state index contributed by atoms with van der Waals surface area (Å²) >= 11 is 0. The Morgan fingerprint density at radius 1 is 1.06 bits per heavy atom. The molecule has 3 heterocycles. The molecule has 6 rings (SSSR count). The average molecular weight is 502 g/mol. The molecule has 4 aromatic rings. The Morgan fingerprint density at radius 3 is 2.61 bits per heavy atom. The number of fused-ring (bicyclic) bond motifs is 4. The van der Waals surface area contributed by atoms with Crippen LogP contribution in [0, 0.1) is 24.0 Å². The van der Waals surface area contributed by atoms with Crippen LogP contribution in [-0.2, 0) is 12.8 Å². The lowest BCUT2D eigenvalue weighted by Gasteiger charge is -2.33. The van der Waals surface area contributed by atoms with Crippen LogP contribution < -0.4 is 4.90 Å².